The lowest BCUT2D eigenvalue weighted by molar-refractivity contribution is -0.145. The van der Waals surface area contributed by atoms with Crippen molar-refractivity contribution in [3.8, 4) is 0 Å². The van der Waals surface area contributed by atoms with Crippen molar-refractivity contribution in [2.24, 2.45) is 0 Å². The zero-order chi connectivity index (χ0) is 20.8. The van der Waals surface area contributed by atoms with Crippen LogP contribution in [-0.4, -0.2) is 11.0 Å². The number of esters is 1. The smallest absolute Gasteiger partial charge is 0.306 e. The summed E-state index contributed by atoms with van der Waals surface area (Å²) < 4.78 is 5.25. The number of hydrogen-bond donors (Lipinski definition) is 0. The number of rotatable bonds is 16. The molecule has 0 aliphatic heterocycles. The van der Waals surface area contributed by atoms with Crippen LogP contribution in [-0.2, 0) is 16.1 Å². The van der Waals surface area contributed by atoms with Gasteiger partial charge in [-0.05, 0) is 51.0 Å². The third-order valence-corrected chi connectivity index (χ3v) is 4.34. The molecule has 0 bridgehead atoms. The van der Waals surface area contributed by atoms with Crippen LogP contribution in [0.2, 0.25) is 0 Å². The Hall–Kier alpha value is -2.42. The summed E-state index contributed by atoms with van der Waals surface area (Å²) in [6, 6.07) is 3.76. The summed E-state index contributed by atoms with van der Waals surface area (Å²) in [6.07, 6.45) is 31.3. The minimum absolute atomic E-state index is 0.118. The van der Waals surface area contributed by atoms with E-state index in [4.69, 9.17) is 4.74 Å². The lowest BCUT2D eigenvalue weighted by Crippen LogP contribution is -2.04. The Kier molecular flexibility index (Phi) is 16.1. The Morgan fingerprint density at radius 3 is 2.21 bits per heavy atom. The molecular formula is C26H37NO2. The molecule has 1 heterocycles. The molecule has 1 rings (SSSR count). The Balaban J connectivity index is 1.89. The molecule has 0 amide bonds. The van der Waals surface area contributed by atoms with Crippen molar-refractivity contribution in [1.82, 2.24) is 4.98 Å². The lowest BCUT2D eigenvalue weighted by atomic mass is 10.1. The van der Waals surface area contributed by atoms with Crippen LogP contribution in [0.4, 0.5) is 0 Å². The highest BCUT2D eigenvalue weighted by molar-refractivity contribution is 5.69. The fraction of sp³-hybridized carbons (Fsp3) is 0.462. The molecule has 0 unspecified atom stereocenters. The van der Waals surface area contributed by atoms with E-state index in [0.717, 1.165) is 56.9 Å². The average molecular weight is 396 g/mol. The van der Waals surface area contributed by atoms with E-state index in [2.05, 4.69) is 60.5 Å². The molecule has 0 radical (unpaired) electrons. The van der Waals surface area contributed by atoms with Gasteiger partial charge in [-0.25, -0.2) is 0 Å². The maximum Gasteiger partial charge on any atom is 0.306 e. The van der Waals surface area contributed by atoms with Gasteiger partial charge in [0.05, 0.1) is 0 Å². The normalized spacial score (nSPS) is 12.0. The average Bonchev–Trinajstić information content (AvgIpc) is 2.75. The van der Waals surface area contributed by atoms with E-state index < -0.39 is 0 Å². The molecule has 0 atom stereocenters. The van der Waals surface area contributed by atoms with Crippen LogP contribution < -0.4 is 0 Å². The molecule has 158 valence electrons. The third kappa shape index (κ3) is 16.3. The quantitative estimate of drug-likeness (QED) is 0.168. The number of aromatic nitrogens is 1. The van der Waals surface area contributed by atoms with Crippen molar-refractivity contribution < 1.29 is 9.53 Å². The number of hydrogen-bond acceptors (Lipinski definition) is 3. The van der Waals surface area contributed by atoms with Crippen molar-refractivity contribution in [2.75, 3.05) is 0 Å². The maximum atomic E-state index is 11.7. The van der Waals surface area contributed by atoms with E-state index in [-0.39, 0.29) is 5.97 Å². The fourth-order valence-corrected chi connectivity index (χ4v) is 2.70. The van der Waals surface area contributed by atoms with Gasteiger partial charge in [0.15, 0.2) is 0 Å². The zero-order valence-corrected chi connectivity index (χ0v) is 18.0. The van der Waals surface area contributed by atoms with Gasteiger partial charge in [0.1, 0.15) is 6.61 Å². The fourth-order valence-electron chi connectivity index (χ4n) is 2.70. The van der Waals surface area contributed by atoms with Crippen molar-refractivity contribution in [3.63, 3.8) is 0 Å². The van der Waals surface area contributed by atoms with Gasteiger partial charge in [-0.15, -0.1) is 0 Å². The molecule has 0 fully saturated rings. The molecule has 29 heavy (non-hydrogen) atoms. The second kappa shape index (κ2) is 18.9. The summed E-state index contributed by atoms with van der Waals surface area (Å²) in [5, 5.41) is 0. The Labute approximate surface area is 177 Å². The minimum atomic E-state index is -0.118. The van der Waals surface area contributed by atoms with Crippen LogP contribution in [0.15, 0.2) is 73.1 Å². The monoisotopic (exact) mass is 395 g/mol. The molecule has 0 saturated carbocycles. The van der Waals surface area contributed by atoms with Crippen molar-refractivity contribution in [2.45, 2.75) is 77.7 Å². The molecule has 3 heteroatoms. The third-order valence-electron chi connectivity index (χ3n) is 4.34. The number of pyridine rings is 1. The van der Waals surface area contributed by atoms with Gasteiger partial charge in [0.2, 0.25) is 0 Å². The second-order valence-corrected chi connectivity index (χ2v) is 6.98. The van der Waals surface area contributed by atoms with Gasteiger partial charge in [-0.3, -0.25) is 9.78 Å². The highest BCUT2D eigenvalue weighted by Gasteiger charge is 2.03. The van der Waals surface area contributed by atoms with Crippen LogP contribution in [0.25, 0.3) is 0 Å². The van der Waals surface area contributed by atoms with E-state index in [1.165, 1.54) is 6.42 Å². The van der Waals surface area contributed by atoms with Crippen LogP contribution >= 0.6 is 0 Å². The van der Waals surface area contributed by atoms with E-state index in [1.54, 1.807) is 12.4 Å². The lowest BCUT2D eigenvalue weighted by Gasteiger charge is -2.04. The molecule has 0 N–H and O–H groups in total. The first kappa shape index (κ1) is 24.6. The van der Waals surface area contributed by atoms with Gasteiger partial charge in [0, 0.05) is 24.4 Å². The summed E-state index contributed by atoms with van der Waals surface area (Å²) >= 11 is 0. The molecule has 0 aliphatic rings. The summed E-state index contributed by atoms with van der Waals surface area (Å²) in [4.78, 5) is 15.7. The van der Waals surface area contributed by atoms with Gasteiger partial charge < -0.3 is 4.74 Å². The van der Waals surface area contributed by atoms with E-state index in [0.29, 0.717) is 13.0 Å². The van der Waals surface area contributed by atoms with Crippen molar-refractivity contribution in [3.05, 3.63) is 78.7 Å². The van der Waals surface area contributed by atoms with E-state index in [1.807, 2.05) is 12.1 Å². The number of allylic oxidation sites excluding steroid dienone is 8. The van der Waals surface area contributed by atoms with E-state index >= 15 is 0 Å². The first-order chi connectivity index (χ1) is 14.3. The first-order valence-electron chi connectivity index (χ1n) is 11.0. The summed E-state index contributed by atoms with van der Waals surface area (Å²) in [6.45, 7) is 2.47. The summed E-state index contributed by atoms with van der Waals surface area (Å²) in [5.74, 6) is -0.118. The predicted octanol–water partition coefficient (Wildman–Crippen LogP) is 7.27. The molecule has 0 saturated heterocycles. The molecule has 3 nitrogen and oxygen atoms in total. The van der Waals surface area contributed by atoms with Gasteiger partial charge in [0.25, 0.3) is 0 Å². The molecule has 1 aromatic rings. The number of nitrogens with zero attached hydrogens (tertiary/aromatic N) is 1. The van der Waals surface area contributed by atoms with Crippen molar-refractivity contribution >= 4 is 5.97 Å². The Morgan fingerprint density at radius 2 is 1.55 bits per heavy atom. The first-order valence-corrected chi connectivity index (χ1v) is 11.0. The highest BCUT2D eigenvalue weighted by Crippen LogP contribution is 2.08. The SMILES string of the molecule is CC/C=C\C/C=C\C/C=C\C/C=C\CCCCCCC(=O)OCc1cccnc1. The number of ether oxygens (including phenoxy) is 1. The van der Waals surface area contributed by atoms with Crippen molar-refractivity contribution in [1.29, 1.82) is 0 Å². The van der Waals surface area contributed by atoms with Crippen LogP contribution in [0.3, 0.4) is 0 Å². The number of carbonyl (C=O) groups is 1. The van der Waals surface area contributed by atoms with E-state index in [9.17, 15) is 4.79 Å². The Bertz CT molecular complexity index is 629. The number of unbranched alkanes of at least 4 members (excludes halogenated alkanes) is 4. The zero-order valence-electron chi connectivity index (χ0n) is 18.0. The predicted molar refractivity (Wildman–Crippen MR) is 122 cm³/mol. The standard InChI is InChI=1S/C26H37NO2/c1-2-3-4-5-6-7-8-9-10-11-12-13-14-15-16-17-18-21-26(28)29-24-25-20-19-22-27-23-25/h3-4,6-7,9-10,12-13,19-20,22-23H,2,5,8,11,14-18,21,24H2,1H3/b4-3-,7-6-,10-9-,13-12-. The van der Waals surface area contributed by atoms with Gasteiger partial charge in [-0.2, -0.15) is 0 Å². The number of carbonyl (C=O) groups excluding carboxylic acids is 1. The Morgan fingerprint density at radius 1 is 0.897 bits per heavy atom. The molecule has 0 aromatic carbocycles. The van der Waals surface area contributed by atoms with Gasteiger partial charge >= 0.3 is 5.97 Å². The summed E-state index contributed by atoms with van der Waals surface area (Å²) in [5.41, 5.74) is 0.929. The largest absolute Gasteiger partial charge is 0.461 e. The van der Waals surface area contributed by atoms with Crippen LogP contribution in [0, 0.1) is 0 Å². The highest BCUT2D eigenvalue weighted by atomic mass is 16.5. The molecular weight excluding hydrogens is 358 g/mol. The van der Waals surface area contributed by atoms with Crippen LogP contribution in [0.1, 0.15) is 76.7 Å². The summed E-state index contributed by atoms with van der Waals surface area (Å²) in [7, 11) is 0. The van der Waals surface area contributed by atoms with Crippen LogP contribution in [0.5, 0.6) is 0 Å². The molecule has 0 aliphatic carbocycles. The second-order valence-electron chi connectivity index (χ2n) is 6.98. The van der Waals surface area contributed by atoms with Gasteiger partial charge in [-0.1, -0.05) is 74.4 Å². The molecule has 0 spiro atoms. The molecule has 1 aromatic heterocycles. The topological polar surface area (TPSA) is 39.2 Å². The minimum Gasteiger partial charge on any atom is -0.461 e. The maximum absolute atomic E-state index is 11.7.